The molecule has 34 heavy (non-hydrogen) atoms. The van der Waals surface area contributed by atoms with Crippen LogP contribution in [0.2, 0.25) is 0 Å². The number of likely N-dealkylation sites (N-methyl/N-ethyl adjacent to an activating group) is 1. The third-order valence-corrected chi connectivity index (χ3v) is 6.27. The van der Waals surface area contributed by atoms with Crippen LogP contribution in [0.25, 0.3) is 11.1 Å². The number of fused-ring (bicyclic) bond motifs is 3. The highest BCUT2D eigenvalue weighted by Crippen LogP contribution is 2.44. The van der Waals surface area contributed by atoms with Gasteiger partial charge in [-0.15, -0.1) is 0 Å². The number of hydrogen-bond acceptors (Lipinski definition) is 5. The molecule has 2 amide bonds. The number of hydrogen-bond donors (Lipinski definition) is 0. The lowest BCUT2D eigenvalue weighted by atomic mass is 9.98. The summed E-state index contributed by atoms with van der Waals surface area (Å²) in [5.41, 5.74) is 3.99. The molecule has 4 rings (SSSR count). The highest BCUT2D eigenvalue weighted by Gasteiger charge is 2.38. The fourth-order valence-electron chi connectivity index (χ4n) is 4.82. The minimum Gasteiger partial charge on any atom is -0.459 e. The molecule has 2 aliphatic rings. The first-order valence-electron chi connectivity index (χ1n) is 11.7. The van der Waals surface area contributed by atoms with Crippen LogP contribution in [0.15, 0.2) is 48.5 Å². The van der Waals surface area contributed by atoms with Crippen molar-refractivity contribution in [2.75, 3.05) is 26.7 Å². The zero-order chi connectivity index (χ0) is 24.5. The second-order valence-electron chi connectivity index (χ2n) is 9.94. The third-order valence-electron chi connectivity index (χ3n) is 6.27. The van der Waals surface area contributed by atoms with E-state index in [1.165, 1.54) is 9.80 Å². The van der Waals surface area contributed by atoms with Crippen LogP contribution in [-0.4, -0.2) is 66.2 Å². The van der Waals surface area contributed by atoms with Crippen molar-refractivity contribution in [3.05, 3.63) is 59.7 Å². The van der Waals surface area contributed by atoms with Crippen LogP contribution in [-0.2, 0) is 19.1 Å². The van der Waals surface area contributed by atoms with E-state index in [9.17, 15) is 14.4 Å². The fourth-order valence-corrected chi connectivity index (χ4v) is 4.82. The average molecular weight is 465 g/mol. The number of benzene rings is 2. The summed E-state index contributed by atoms with van der Waals surface area (Å²) in [7, 11) is 1.56. The quantitative estimate of drug-likeness (QED) is 0.620. The molecule has 2 aromatic rings. The Bertz CT molecular complexity index is 1040. The third kappa shape index (κ3) is 4.93. The van der Waals surface area contributed by atoms with E-state index in [1.807, 2.05) is 24.3 Å². The smallest absolute Gasteiger partial charge is 0.410 e. The maximum absolute atomic E-state index is 13.0. The molecule has 0 saturated carbocycles. The molecule has 1 heterocycles. The Hall–Kier alpha value is -3.35. The van der Waals surface area contributed by atoms with Crippen LogP contribution >= 0.6 is 0 Å². The first-order chi connectivity index (χ1) is 16.2. The molecule has 1 aliphatic carbocycles. The van der Waals surface area contributed by atoms with Crippen LogP contribution < -0.4 is 0 Å². The molecule has 0 unspecified atom stereocenters. The van der Waals surface area contributed by atoms with Gasteiger partial charge in [-0.1, -0.05) is 48.5 Å². The van der Waals surface area contributed by atoms with Crippen molar-refractivity contribution in [1.82, 2.24) is 9.80 Å². The minimum absolute atomic E-state index is 0.0389. The molecule has 7 heteroatoms. The Kier molecular flexibility index (Phi) is 6.64. The van der Waals surface area contributed by atoms with Gasteiger partial charge in [0.1, 0.15) is 24.8 Å². The number of amides is 2. The van der Waals surface area contributed by atoms with Gasteiger partial charge in [-0.05, 0) is 55.9 Å². The van der Waals surface area contributed by atoms with Crippen molar-refractivity contribution >= 4 is 18.0 Å². The number of rotatable bonds is 5. The van der Waals surface area contributed by atoms with Gasteiger partial charge in [-0.25, -0.2) is 4.79 Å². The Balaban J connectivity index is 1.40. The van der Waals surface area contributed by atoms with Gasteiger partial charge in [-0.3, -0.25) is 14.5 Å². The van der Waals surface area contributed by atoms with E-state index in [0.717, 1.165) is 22.3 Å². The molecular weight excluding hydrogens is 432 g/mol. The number of carbonyl (C=O) groups excluding carboxylic acids is 3. The first kappa shape index (κ1) is 23.8. The molecular formula is C27H32N2O5. The van der Waals surface area contributed by atoms with Crippen LogP contribution in [0.4, 0.5) is 4.79 Å². The molecule has 1 saturated heterocycles. The van der Waals surface area contributed by atoms with E-state index >= 15 is 0 Å². The summed E-state index contributed by atoms with van der Waals surface area (Å²) in [6.07, 6.45) is 0.756. The SMILES string of the molecule is CN(CC(=O)OC(C)(C)C)C(=O)[C@@H]1CCCN1C(=O)OCC1c2ccccc2-c2ccccc21. The first-order valence-corrected chi connectivity index (χ1v) is 11.7. The molecule has 0 spiro atoms. The van der Waals surface area contributed by atoms with E-state index in [1.54, 1.807) is 27.8 Å². The number of carbonyl (C=O) groups is 3. The zero-order valence-electron chi connectivity index (χ0n) is 20.2. The summed E-state index contributed by atoms with van der Waals surface area (Å²) in [5.74, 6) is -0.797. The maximum atomic E-state index is 13.0. The lowest BCUT2D eigenvalue weighted by Gasteiger charge is -2.28. The number of likely N-dealkylation sites (tertiary alicyclic amines) is 1. The van der Waals surface area contributed by atoms with Crippen molar-refractivity contribution in [3.63, 3.8) is 0 Å². The van der Waals surface area contributed by atoms with Crippen molar-refractivity contribution in [2.24, 2.45) is 0 Å². The summed E-state index contributed by atoms with van der Waals surface area (Å²) in [6.45, 7) is 5.84. The van der Waals surface area contributed by atoms with Gasteiger partial charge in [0, 0.05) is 19.5 Å². The summed E-state index contributed by atoms with van der Waals surface area (Å²) in [5, 5.41) is 0. The van der Waals surface area contributed by atoms with Crippen molar-refractivity contribution in [2.45, 2.75) is 51.2 Å². The molecule has 1 atom stereocenters. The molecule has 0 N–H and O–H groups in total. The molecule has 7 nitrogen and oxygen atoms in total. The van der Waals surface area contributed by atoms with Gasteiger partial charge in [0.25, 0.3) is 0 Å². The van der Waals surface area contributed by atoms with E-state index < -0.39 is 23.7 Å². The number of esters is 1. The fraction of sp³-hybridized carbons (Fsp3) is 0.444. The summed E-state index contributed by atoms with van der Waals surface area (Å²) < 4.78 is 11.1. The second-order valence-corrected chi connectivity index (χ2v) is 9.94. The minimum atomic E-state index is -0.636. The highest BCUT2D eigenvalue weighted by atomic mass is 16.6. The second kappa shape index (κ2) is 9.49. The largest absolute Gasteiger partial charge is 0.459 e. The van der Waals surface area contributed by atoms with Gasteiger partial charge < -0.3 is 14.4 Å². The van der Waals surface area contributed by atoms with Gasteiger partial charge >= 0.3 is 12.1 Å². The Morgan fingerprint density at radius 2 is 1.59 bits per heavy atom. The van der Waals surface area contributed by atoms with E-state index in [0.29, 0.717) is 19.4 Å². The summed E-state index contributed by atoms with van der Waals surface area (Å²) in [4.78, 5) is 41.0. The lowest BCUT2D eigenvalue weighted by Crippen LogP contribution is -2.48. The van der Waals surface area contributed by atoms with E-state index in [4.69, 9.17) is 9.47 Å². The van der Waals surface area contributed by atoms with Gasteiger partial charge in [0.2, 0.25) is 5.91 Å². The van der Waals surface area contributed by atoms with Crippen LogP contribution in [0.1, 0.15) is 50.7 Å². The Morgan fingerprint density at radius 3 is 2.18 bits per heavy atom. The van der Waals surface area contributed by atoms with Crippen LogP contribution in [0, 0.1) is 0 Å². The molecule has 0 radical (unpaired) electrons. The van der Waals surface area contributed by atoms with E-state index in [-0.39, 0.29) is 25.0 Å². The van der Waals surface area contributed by atoms with Crippen LogP contribution in [0.5, 0.6) is 0 Å². The molecule has 0 aromatic heterocycles. The standard InChI is InChI=1S/C27H32N2O5/c1-27(2,3)34-24(30)16-28(4)25(31)23-14-9-15-29(23)26(32)33-17-22-20-12-7-5-10-18(20)19-11-6-8-13-21(19)22/h5-8,10-13,22-23H,9,14-17H2,1-4H3/t23-/m0/s1. The predicted molar refractivity (Wildman–Crippen MR) is 128 cm³/mol. The summed E-state index contributed by atoms with van der Waals surface area (Å²) in [6, 6.07) is 15.7. The molecule has 0 bridgehead atoms. The molecule has 1 aliphatic heterocycles. The topological polar surface area (TPSA) is 76.2 Å². The highest BCUT2D eigenvalue weighted by molar-refractivity contribution is 5.88. The normalized spacial score (nSPS) is 17.2. The summed E-state index contributed by atoms with van der Waals surface area (Å²) >= 11 is 0. The molecule has 2 aromatic carbocycles. The number of ether oxygens (including phenoxy) is 2. The van der Waals surface area contributed by atoms with Gasteiger partial charge in [0.05, 0.1) is 0 Å². The van der Waals surface area contributed by atoms with Gasteiger partial charge in [-0.2, -0.15) is 0 Å². The van der Waals surface area contributed by atoms with E-state index in [2.05, 4.69) is 24.3 Å². The maximum Gasteiger partial charge on any atom is 0.410 e. The zero-order valence-corrected chi connectivity index (χ0v) is 20.2. The van der Waals surface area contributed by atoms with Crippen molar-refractivity contribution < 1.29 is 23.9 Å². The molecule has 180 valence electrons. The monoisotopic (exact) mass is 464 g/mol. The molecule has 1 fully saturated rings. The predicted octanol–water partition coefficient (Wildman–Crippen LogP) is 4.20. The average Bonchev–Trinajstić information content (AvgIpc) is 3.39. The van der Waals surface area contributed by atoms with Gasteiger partial charge in [0.15, 0.2) is 0 Å². The Morgan fingerprint density at radius 1 is 1.00 bits per heavy atom. The van der Waals surface area contributed by atoms with Crippen molar-refractivity contribution in [3.8, 4) is 11.1 Å². The lowest BCUT2D eigenvalue weighted by molar-refractivity contribution is -0.158. The van der Waals surface area contributed by atoms with Crippen LogP contribution in [0.3, 0.4) is 0 Å². The van der Waals surface area contributed by atoms with Crippen molar-refractivity contribution in [1.29, 1.82) is 0 Å². The number of nitrogens with zero attached hydrogens (tertiary/aromatic N) is 2. The Labute approximate surface area is 200 Å².